The van der Waals surface area contributed by atoms with Crippen LogP contribution < -0.4 is 15.8 Å². The molecule has 0 spiro atoms. The fourth-order valence-electron chi connectivity index (χ4n) is 4.04. The van der Waals surface area contributed by atoms with E-state index >= 15 is 0 Å². The van der Waals surface area contributed by atoms with Gasteiger partial charge in [-0.15, -0.1) is 0 Å². The number of anilines is 2. The highest BCUT2D eigenvalue weighted by molar-refractivity contribution is 5.76. The average molecular weight is 461 g/mol. The number of nitrogens with two attached hydrogens (primary N) is 1. The van der Waals surface area contributed by atoms with Crippen molar-refractivity contribution in [1.29, 1.82) is 0 Å². The molecule has 1 fully saturated rings. The Hall–Kier alpha value is -3.49. The number of piperazine rings is 1. The van der Waals surface area contributed by atoms with Crippen molar-refractivity contribution in [3.8, 4) is 11.5 Å². The van der Waals surface area contributed by atoms with Crippen LogP contribution >= 0.6 is 0 Å². The molecule has 0 saturated carbocycles. The summed E-state index contributed by atoms with van der Waals surface area (Å²) in [7, 11) is 0. The van der Waals surface area contributed by atoms with Crippen molar-refractivity contribution in [2.24, 2.45) is 5.73 Å². The number of benzene rings is 1. The number of nitrogens with one attached hydrogen (secondary N) is 1. The number of aryl methyl sites for hydroxylation is 2. The van der Waals surface area contributed by atoms with Crippen LogP contribution in [0, 0.1) is 13.8 Å². The Bertz CT molecular complexity index is 1130. The van der Waals surface area contributed by atoms with Gasteiger partial charge < -0.3 is 20.7 Å². The first-order valence-electron chi connectivity index (χ1n) is 11.6. The first-order valence-corrected chi connectivity index (χ1v) is 11.6. The molecule has 3 heterocycles. The van der Waals surface area contributed by atoms with E-state index in [1.807, 2.05) is 55.1 Å². The molecule has 1 amide bonds. The molecule has 0 aliphatic carbocycles. The molecule has 34 heavy (non-hydrogen) atoms. The van der Waals surface area contributed by atoms with E-state index in [4.69, 9.17) is 10.5 Å². The fraction of sp³-hybridized carbons (Fsp3) is 0.346. The van der Waals surface area contributed by atoms with Gasteiger partial charge in [-0.3, -0.25) is 14.7 Å². The number of hydrogen-bond acceptors (Lipinski definition) is 7. The second kappa shape index (κ2) is 11.1. The molecule has 1 aromatic carbocycles. The van der Waals surface area contributed by atoms with E-state index in [0.717, 1.165) is 55.5 Å². The molecule has 3 N–H and O–H groups in total. The number of aromatic nitrogens is 2. The topological polar surface area (TPSA) is 96.6 Å². The lowest BCUT2D eigenvalue weighted by Crippen LogP contribution is -2.48. The van der Waals surface area contributed by atoms with Crippen LogP contribution in [0.1, 0.15) is 23.4 Å². The highest BCUT2D eigenvalue weighted by Gasteiger charge is 2.20. The maximum Gasteiger partial charge on any atom is 0.223 e. The molecule has 178 valence electrons. The van der Waals surface area contributed by atoms with Gasteiger partial charge in [0.25, 0.3) is 0 Å². The van der Waals surface area contributed by atoms with E-state index in [1.54, 1.807) is 6.20 Å². The molecule has 0 atom stereocenters. The Morgan fingerprint density at radius 3 is 2.68 bits per heavy atom. The van der Waals surface area contributed by atoms with Crippen molar-refractivity contribution in [2.75, 3.05) is 38.0 Å². The van der Waals surface area contributed by atoms with Crippen LogP contribution in [0.5, 0.6) is 11.5 Å². The summed E-state index contributed by atoms with van der Waals surface area (Å²) in [4.78, 5) is 25.2. The number of carbonyl (C=O) groups is 1. The van der Waals surface area contributed by atoms with Crippen molar-refractivity contribution >= 4 is 17.4 Å². The van der Waals surface area contributed by atoms with E-state index in [9.17, 15) is 4.79 Å². The molecule has 4 rings (SSSR count). The third-order valence-corrected chi connectivity index (χ3v) is 5.82. The number of rotatable bonds is 8. The van der Waals surface area contributed by atoms with E-state index in [-0.39, 0.29) is 5.91 Å². The number of carbonyl (C=O) groups excluding carboxylic acids is 1. The molecular weight excluding hydrogens is 428 g/mol. The Labute approximate surface area is 200 Å². The molecular formula is C26H32N6O2. The Morgan fingerprint density at radius 1 is 1.09 bits per heavy atom. The third-order valence-electron chi connectivity index (χ3n) is 5.82. The van der Waals surface area contributed by atoms with Crippen LogP contribution in [0.3, 0.4) is 0 Å². The van der Waals surface area contributed by atoms with Crippen LogP contribution in [-0.2, 0) is 11.3 Å². The fourth-order valence-corrected chi connectivity index (χ4v) is 4.04. The second-order valence-electron chi connectivity index (χ2n) is 8.54. The van der Waals surface area contributed by atoms with Gasteiger partial charge in [0, 0.05) is 69.3 Å². The molecule has 1 aliphatic rings. The normalized spacial score (nSPS) is 14.1. The lowest BCUT2D eigenvalue weighted by Gasteiger charge is -2.34. The van der Waals surface area contributed by atoms with Crippen molar-refractivity contribution in [3.05, 3.63) is 71.7 Å². The van der Waals surface area contributed by atoms with Gasteiger partial charge in [-0.1, -0.05) is 12.1 Å². The van der Waals surface area contributed by atoms with Gasteiger partial charge in [0.2, 0.25) is 5.91 Å². The minimum atomic E-state index is 0.154. The molecule has 0 bridgehead atoms. The summed E-state index contributed by atoms with van der Waals surface area (Å²) < 4.78 is 6.02. The zero-order chi connectivity index (χ0) is 23.9. The predicted molar refractivity (Wildman–Crippen MR) is 133 cm³/mol. The number of ether oxygens (including phenoxy) is 1. The van der Waals surface area contributed by atoms with Crippen LogP contribution in [0.25, 0.3) is 0 Å². The van der Waals surface area contributed by atoms with Gasteiger partial charge in [0.15, 0.2) is 0 Å². The summed E-state index contributed by atoms with van der Waals surface area (Å²) in [5, 5.41) is 3.38. The van der Waals surface area contributed by atoms with Crippen molar-refractivity contribution in [1.82, 2.24) is 19.8 Å². The zero-order valence-corrected chi connectivity index (χ0v) is 19.8. The van der Waals surface area contributed by atoms with Gasteiger partial charge in [-0.25, -0.2) is 4.98 Å². The highest BCUT2D eigenvalue weighted by atomic mass is 16.5. The predicted octanol–water partition coefficient (Wildman–Crippen LogP) is 3.62. The SMILES string of the molecule is Cc1ccc(Oc2ccnc(Nc3cccc(CN4CCN(C(=O)CCN)CC4)c3)c2)c(C)n1. The first-order chi connectivity index (χ1) is 16.5. The summed E-state index contributed by atoms with van der Waals surface area (Å²) in [6.07, 6.45) is 2.15. The maximum absolute atomic E-state index is 12.0. The Balaban J connectivity index is 1.35. The van der Waals surface area contributed by atoms with E-state index in [2.05, 4.69) is 32.3 Å². The summed E-state index contributed by atoms with van der Waals surface area (Å²) in [6, 6.07) is 15.9. The van der Waals surface area contributed by atoms with Gasteiger partial charge in [-0.2, -0.15) is 0 Å². The quantitative estimate of drug-likeness (QED) is 0.530. The van der Waals surface area contributed by atoms with Gasteiger partial charge in [-0.05, 0) is 49.7 Å². The highest BCUT2D eigenvalue weighted by Crippen LogP contribution is 2.26. The summed E-state index contributed by atoms with van der Waals surface area (Å²) in [6.45, 7) is 8.38. The largest absolute Gasteiger partial charge is 0.455 e. The number of amides is 1. The van der Waals surface area contributed by atoms with Gasteiger partial charge in [0.1, 0.15) is 17.3 Å². The summed E-state index contributed by atoms with van der Waals surface area (Å²) >= 11 is 0. The van der Waals surface area contributed by atoms with Gasteiger partial charge >= 0.3 is 0 Å². The third kappa shape index (κ3) is 6.30. The summed E-state index contributed by atoms with van der Waals surface area (Å²) in [5.74, 6) is 2.29. The maximum atomic E-state index is 12.0. The summed E-state index contributed by atoms with van der Waals surface area (Å²) in [5.41, 5.74) is 9.50. The van der Waals surface area contributed by atoms with Crippen molar-refractivity contribution < 1.29 is 9.53 Å². The first kappa shape index (κ1) is 23.7. The van der Waals surface area contributed by atoms with Crippen LogP contribution in [-0.4, -0.2) is 58.4 Å². The number of nitrogens with zero attached hydrogens (tertiary/aromatic N) is 4. The molecule has 0 unspecified atom stereocenters. The van der Waals surface area contributed by atoms with Crippen molar-refractivity contribution in [2.45, 2.75) is 26.8 Å². The monoisotopic (exact) mass is 460 g/mol. The minimum absolute atomic E-state index is 0.154. The van der Waals surface area contributed by atoms with E-state index in [1.165, 1.54) is 5.56 Å². The van der Waals surface area contributed by atoms with Crippen LogP contribution in [0.2, 0.25) is 0 Å². The average Bonchev–Trinajstić information content (AvgIpc) is 2.82. The molecule has 8 nitrogen and oxygen atoms in total. The number of hydrogen-bond donors (Lipinski definition) is 2. The lowest BCUT2D eigenvalue weighted by atomic mass is 10.1. The van der Waals surface area contributed by atoms with Gasteiger partial charge in [0.05, 0.1) is 5.69 Å². The minimum Gasteiger partial charge on any atom is -0.455 e. The molecule has 2 aromatic heterocycles. The van der Waals surface area contributed by atoms with Crippen LogP contribution in [0.15, 0.2) is 54.7 Å². The second-order valence-corrected chi connectivity index (χ2v) is 8.54. The molecule has 3 aromatic rings. The van der Waals surface area contributed by atoms with Crippen LogP contribution in [0.4, 0.5) is 11.5 Å². The van der Waals surface area contributed by atoms with E-state index < -0.39 is 0 Å². The molecule has 1 aliphatic heterocycles. The zero-order valence-electron chi connectivity index (χ0n) is 19.8. The Morgan fingerprint density at radius 2 is 1.91 bits per heavy atom. The smallest absolute Gasteiger partial charge is 0.223 e. The molecule has 0 radical (unpaired) electrons. The van der Waals surface area contributed by atoms with Crippen molar-refractivity contribution in [3.63, 3.8) is 0 Å². The Kier molecular flexibility index (Phi) is 7.72. The molecule has 1 saturated heterocycles. The lowest BCUT2D eigenvalue weighted by molar-refractivity contribution is -0.132. The number of pyridine rings is 2. The molecule has 8 heteroatoms. The standard InChI is InChI=1S/C26H32N6O2/c1-19-6-7-24(20(2)29-19)34-23-9-11-28-25(17-23)30-22-5-3-4-21(16-22)18-31-12-14-32(15-13-31)26(33)8-10-27/h3-7,9,11,16-17H,8,10,12-15,18,27H2,1-2H3,(H,28,30). The van der Waals surface area contributed by atoms with E-state index in [0.29, 0.717) is 24.5 Å².